The van der Waals surface area contributed by atoms with Crippen LogP contribution in [-0.2, 0) is 24.3 Å². The minimum atomic E-state index is -0.647. The van der Waals surface area contributed by atoms with Crippen LogP contribution in [0.1, 0.15) is 16.7 Å². The Kier molecular flexibility index (Phi) is 4.08. The molecule has 118 valence electrons. The number of nitrogens with zero attached hydrogens (tertiary/aromatic N) is 2. The molecule has 1 atom stereocenters. The summed E-state index contributed by atoms with van der Waals surface area (Å²) in [5.41, 5.74) is 9.19. The van der Waals surface area contributed by atoms with Crippen molar-refractivity contribution in [1.82, 2.24) is 4.90 Å². The van der Waals surface area contributed by atoms with Gasteiger partial charge in [-0.15, -0.1) is 0 Å². The molecule has 2 aromatic carbocycles. The molecule has 0 saturated heterocycles. The second-order valence-corrected chi connectivity index (χ2v) is 5.70. The van der Waals surface area contributed by atoms with Crippen LogP contribution in [-0.4, -0.2) is 21.8 Å². The fourth-order valence-electron chi connectivity index (χ4n) is 2.82. The Hall–Kier alpha value is -2.73. The maximum atomic E-state index is 12.5. The lowest BCUT2D eigenvalue weighted by Gasteiger charge is -2.20. The number of benzene rings is 2. The van der Waals surface area contributed by atoms with E-state index in [1.165, 1.54) is 12.1 Å². The monoisotopic (exact) mass is 311 g/mol. The van der Waals surface area contributed by atoms with Crippen molar-refractivity contribution in [3.8, 4) is 0 Å². The molecule has 0 aliphatic carbocycles. The average molecular weight is 311 g/mol. The summed E-state index contributed by atoms with van der Waals surface area (Å²) >= 11 is 0. The minimum absolute atomic E-state index is 0.0311. The van der Waals surface area contributed by atoms with Crippen LogP contribution in [0.4, 0.5) is 5.69 Å². The molecule has 0 fully saturated rings. The highest BCUT2D eigenvalue weighted by Gasteiger charge is 2.27. The SMILES string of the molecule is N[C@H](Cc1ccc([N+](=O)[O-])cc1)C(=O)N1Cc2ccccc2C1. The Morgan fingerprint density at radius 2 is 1.70 bits per heavy atom. The molecule has 0 unspecified atom stereocenters. The fourth-order valence-corrected chi connectivity index (χ4v) is 2.82. The van der Waals surface area contributed by atoms with Crippen LogP contribution in [0.2, 0.25) is 0 Å². The highest BCUT2D eigenvalue weighted by atomic mass is 16.6. The van der Waals surface area contributed by atoms with Crippen molar-refractivity contribution in [3.05, 3.63) is 75.3 Å². The molecular weight excluding hydrogens is 294 g/mol. The quantitative estimate of drug-likeness (QED) is 0.691. The number of hydrogen-bond acceptors (Lipinski definition) is 4. The van der Waals surface area contributed by atoms with E-state index < -0.39 is 11.0 Å². The number of carbonyl (C=O) groups is 1. The molecule has 23 heavy (non-hydrogen) atoms. The Bertz CT molecular complexity index is 718. The Morgan fingerprint density at radius 3 is 2.22 bits per heavy atom. The van der Waals surface area contributed by atoms with E-state index in [4.69, 9.17) is 5.73 Å². The smallest absolute Gasteiger partial charge is 0.269 e. The highest BCUT2D eigenvalue weighted by molar-refractivity contribution is 5.82. The molecule has 0 radical (unpaired) electrons. The van der Waals surface area contributed by atoms with Crippen LogP contribution in [0, 0.1) is 10.1 Å². The molecule has 1 aliphatic rings. The first-order chi connectivity index (χ1) is 11.0. The molecule has 3 rings (SSSR count). The van der Waals surface area contributed by atoms with Crippen molar-refractivity contribution < 1.29 is 9.72 Å². The lowest BCUT2D eigenvalue weighted by molar-refractivity contribution is -0.384. The van der Waals surface area contributed by atoms with Gasteiger partial charge in [-0.25, -0.2) is 0 Å². The van der Waals surface area contributed by atoms with Gasteiger partial charge in [0.15, 0.2) is 0 Å². The highest BCUT2D eigenvalue weighted by Crippen LogP contribution is 2.23. The van der Waals surface area contributed by atoms with Gasteiger partial charge in [0.05, 0.1) is 11.0 Å². The number of nitrogens with two attached hydrogens (primary N) is 1. The number of rotatable bonds is 4. The van der Waals surface area contributed by atoms with Gasteiger partial charge in [0.1, 0.15) is 0 Å². The summed E-state index contributed by atoms with van der Waals surface area (Å²) < 4.78 is 0. The second kappa shape index (κ2) is 6.18. The number of hydrogen-bond donors (Lipinski definition) is 1. The van der Waals surface area contributed by atoms with Crippen LogP contribution in [0.15, 0.2) is 48.5 Å². The maximum Gasteiger partial charge on any atom is 0.269 e. The van der Waals surface area contributed by atoms with Crippen molar-refractivity contribution in [1.29, 1.82) is 0 Å². The molecule has 2 aromatic rings. The van der Waals surface area contributed by atoms with E-state index in [1.807, 2.05) is 24.3 Å². The second-order valence-electron chi connectivity index (χ2n) is 5.70. The summed E-state index contributed by atoms with van der Waals surface area (Å²) in [6, 6.07) is 13.5. The molecule has 6 nitrogen and oxygen atoms in total. The van der Waals surface area contributed by atoms with Gasteiger partial charge in [-0.3, -0.25) is 14.9 Å². The summed E-state index contributed by atoms with van der Waals surface area (Å²) in [5.74, 6) is -0.0976. The molecular formula is C17H17N3O3. The van der Waals surface area contributed by atoms with Gasteiger partial charge in [0.25, 0.3) is 5.69 Å². The number of nitro benzene ring substituents is 1. The van der Waals surface area contributed by atoms with Crippen molar-refractivity contribution >= 4 is 11.6 Å². The molecule has 0 aromatic heterocycles. The molecule has 6 heteroatoms. The third-order valence-electron chi connectivity index (χ3n) is 4.07. The van der Waals surface area contributed by atoms with Crippen LogP contribution in [0.3, 0.4) is 0 Å². The van der Waals surface area contributed by atoms with Crippen LogP contribution >= 0.6 is 0 Å². The number of amides is 1. The number of carbonyl (C=O) groups excluding carboxylic acids is 1. The number of non-ortho nitro benzene ring substituents is 1. The maximum absolute atomic E-state index is 12.5. The largest absolute Gasteiger partial charge is 0.333 e. The third kappa shape index (κ3) is 3.22. The van der Waals surface area contributed by atoms with Crippen molar-refractivity contribution in [2.45, 2.75) is 25.6 Å². The van der Waals surface area contributed by atoms with E-state index in [0.29, 0.717) is 19.5 Å². The first-order valence-corrected chi connectivity index (χ1v) is 7.39. The molecule has 1 amide bonds. The molecule has 0 saturated carbocycles. The van der Waals surface area contributed by atoms with Gasteiger partial charge in [0.2, 0.25) is 5.91 Å². The van der Waals surface area contributed by atoms with E-state index in [2.05, 4.69) is 0 Å². The van der Waals surface area contributed by atoms with Crippen molar-refractivity contribution in [3.63, 3.8) is 0 Å². The van der Waals surface area contributed by atoms with E-state index in [-0.39, 0.29) is 11.6 Å². The lowest BCUT2D eigenvalue weighted by atomic mass is 10.1. The molecule has 0 spiro atoms. The Morgan fingerprint density at radius 1 is 1.13 bits per heavy atom. The normalized spacial score (nSPS) is 14.4. The zero-order valence-electron chi connectivity index (χ0n) is 12.5. The zero-order chi connectivity index (χ0) is 16.4. The average Bonchev–Trinajstić information content (AvgIpc) is 2.98. The van der Waals surface area contributed by atoms with Gasteiger partial charge in [-0.2, -0.15) is 0 Å². The van der Waals surface area contributed by atoms with Gasteiger partial charge in [-0.1, -0.05) is 36.4 Å². The van der Waals surface area contributed by atoms with E-state index in [0.717, 1.165) is 16.7 Å². The molecule has 1 aliphatic heterocycles. The molecule has 2 N–H and O–H groups in total. The summed E-state index contributed by atoms with van der Waals surface area (Å²) in [6.45, 7) is 1.17. The van der Waals surface area contributed by atoms with E-state index >= 15 is 0 Å². The van der Waals surface area contributed by atoms with Crippen molar-refractivity contribution in [2.24, 2.45) is 5.73 Å². The van der Waals surface area contributed by atoms with Gasteiger partial charge in [0, 0.05) is 25.2 Å². The first kappa shape index (κ1) is 15.2. The third-order valence-corrected chi connectivity index (χ3v) is 4.07. The molecule has 1 heterocycles. The predicted molar refractivity (Wildman–Crippen MR) is 85.5 cm³/mol. The Labute approximate surface area is 133 Å². The standard InChI is InChI=1S/C17H17N3O3/c18-16(9-12-5-7-15(8-6-12)20(22)23)17(21)19-10-13-3-1-2-4-14(13)11-19/h1-8,16H,9-11,18H2/t16-/m1/s1. The van der Waals surface area contributed by atoms with Crippen LogP contribution in [0.25, 0.3) is 0 Å². The topological polar surface area (TPSA) is 89.5 Å². The van der Waals surface area contributed by atoms with Crippen LogP contribution < -0.4 is 5.73 Å². The summed E-state index contributed by atoms with van der Waals surface area (Å²) in [4.78, 5) is 24.4. The number of fused-ring (bicyclic) bond motifs is 1. The first-order valence-electron chi connectivity index (χ1n) is 7.39. The zero-order valence-corrected chi connectivity index (χ0v) is 12.5. The minimum Gasteiger partial charge on any atom is -0.333 e. The van der Waals surface area contributed by atoms with Gasteiger partial charge < -0.3 is 10.6 Å². The van der Waals surface area contributed by atoms with Gasteiger partial charge in [-0.05, 0) is 23.1 Å². The summed E-state index contributed by atoms with van der Waals surface area (Å²) in [7, 11) is 0. The van der Waals surface area contributed by atoms with Gasteiger partial charge >= 0.3 is 0 Å². The summed E-state index contributed by atoms with van der Waals surface area (Å²) in [6.07, 6.45) is 0.365. The van der Waals surface area contributed by atoms with Crippen molar-refractivity contribution in [2.75, 3.05) is 0 Å². The molecule has 0 bridgehead atoms. The van der Waals surface area contributed by atoms with E-state index in [9.17, 15) is 14.9 Å². The number of nitro groups is 1. The van der Waals surface area contributed by atoms with E-state index in [1.54, 1.807) is 17.0 Å². The van der Waals surface area contributed by atoms with Crippen LogP contribution in [0.5, 0.6) is 0 Å². The lowest BCUT2D eigenvalue weighted by Crippen LogP contribution is -2.42. The fraction of sp³-hybridized carbons (Fsp3) is 0.235. The Balaban J connectivity index is 1.63. The summed E-state index contributed by atoms with van der Waals surface area (Å²) in [5, 5.41) is 10.6. The predicted octanol–water partition coefficient (Wildman–Crippen LogP) is 2.01.